The van der Waals surface area contributed by atoms with Gasteiger partial charge in [-0.3, -0.25) is 4.79 Å². The Morgan fingerprint density at radius 1 is 1.35 bits per heavy atom. The predicted octanol–water partition coefficient (Wildman–Crippen LogP) is 1.27. The Kier molecular flexibility index (Phi) is 9.09. The molecule has 2 atom stereocenters. The third-order valence-electron chi connectivity index (χ3n) is 3.30. The molecule has 0 aliphatic rings. The molecule has 0 bridgehead atoms. The number of carbonyl (C=O) groups excluding carboxylic acids is 1. The first-order valence-electron chi connectivity index (χ1n) is 6.65. The summed E-state index contributed by atoms with van der Waals surface area (Å²) in [7, 11) is 0. The Labute approximate surface area is 105 Å². The van der Waals surface area contributed by atoms with Gasteiger partial charge >= 0.3 is 0 Å². The topological polar surface area (TPSA) is 75.3 Å². The predicted molar refractivity (Wildman–Crippen MR) is 70.5 cm³/mol. The fourth-order valence-electron chi connectivity index (χ4n) is 1.92. The molecule has 17 heavy (non-hydrogen) atoms. The van der Waals surface area contributed by atoms with Crippen LogP contribution in [0, 0.1) is 11.8 Å². The molecule has 0 aliphatic heterocycles. The van der Waals surface area contributed by atoms with E-state index in [0.717, 1.165) is 19.3 Å². The van der Waals surface area contributed by atoms with Crippen molar-refractivity contribution in [2.75, 3.05) is 13.2 Å². The van der Waals surface area contributed by atoms with Crippen LogP contribution in [0.4, 0.5) is 0 Å². The molecule has 0 saturated carbocycles. The SMILES string of the molecule is CC[C@H](CO)NC(=O)CCC(CCN)C(C)C. The van der Waals surface area contributed by atoms with Gasteiger partial charge in [0.15, 0.2) is 0 Å². The summed E-state index contributed by atoms with van der Waals surface area (Å²) in [5, 5.41) is 11.8. The lowest BCUT2D eigenvalue weighted by Gasteiger charge is -2.20. The summed E-state index contributed by atoms with van der Waals surface area (Å²) in [6.45, 7) is 6.98. The molecule has 0 rings (SSSR count). The molecule has 4 nitrogen and oxygen atoms in total. The van der Waals surface area contributed by atoms with E-state index in [1.165, 1.54) is 0 Å². The van der Waals surface area contributed by atoms with E-state index in [1.54, 1.807) is 0 Å². The third-order valence-corrected chi connectivity index (χ3v) is 3.30. The molecule has 0 aromatic carbocycles. The standard InChI is InChI=1S/C13H28N2O2/c1-4-12(9-16)15-13(17)6-5-11(7-8-14)10(2)3/h10-12,16H,4-9,14H2,1-3H3,(H,15,17)/t11?,12-/m1/s1. The number of hydrogen-bond acceptors (Lipinski definition) is 3. The van der Waals surface area contributed by atoms with E-state index < -0.39 is 0 Å². The van der Waals surface area contributed by atoms with Gasteiger partial charge in [-0.15, -0.1) is 0 Å². The van der Waals surface area contributed by atoms with Crippen LogP contribution >= 0.6 is 0 Å². The molecule has 1 unspecified atom stereocenters. The van der Waals surface area contributed by atoms with Crippen molar-refractivity contribution in [2.24, 2.45) is 17.6 Å². The van der Waals surface area contributed by atoms with Gasteiger partial charge in [0, 0.05) is 6.42 Å². The Bertz CT molecular complexity index is 204. The maximum atomic E-state index is 11.6. The normalized spacial score (nSPS) is 14.7. The minimum Gasteiger partial charge on any atom is -0.394 e. The van der Waals surface area contributed by atoms with Gasteiger partial charge < -0.3 is 16.2 Å². The van der Waals surface area contributed by atoms with E-state index in [-0.39, 0.29) is 18.6 Å². The molecule has 0 aromatic heterocycles. The van der Waals surface area contributed by atoms with Crippen molar-refractivity contribution in [3.8, 4) is 0 Å². The molecule has 1 amide bonds. The van der Waals surface area contributed by atoms with Crippen LogP contribution in [-0.4, -0.2) is 30.2 Å². The second-order valence-corrected chi connectivity index (χ2v) is 4.98. The quantitative estimate of drug-likeness (QED) is 0.572. The van der Waals surface area contributed by atoms with Gasteiger partial charge in [-0.25, -0.2) is 0 Å². The van der Waals surface area contributed by atoms with Crippen LogP contribution in [0.2, 0.25) is 0 Å². The van der Waals surface area contributed by atoms with Crippen molar-refractivity contribution in [1.82, 2.24) is 5.32 Å². The average molecular weight is 244 g/mol. The third kappa shape index (κ3) is 7.34. The summed E-state index contributed by atoms with van der Waals surface area (Å²) in [5.41, 5.74) is 5.56. The van der Waals surface area contributed by atoms with Gasteiger partial charge in [-0.2, -0.15) is 0 Å². The highest BCUT2D eigenvalue weighted by Gasteiger charge is 2.15. The van der Waals surface area contributed by atoms with Crippen molar-refractivity contribution in [3.05, 3.63) is 0 Å². The Morgan fingerprint density at radius 3 is 2.41 bits per heavy atom. The number of nitrogens with two attached hydrogens (primary N) is 1. The molecule has 0 aliphatic carbocycles. The van der Waals surface area contributed by atoms with Gasteiger partial charge in [0.05, 0.1) is 12.6 Å². The Balaban J connectivity index is 3.95. The molecule has 0 saturated heterocycles. The summed E-state index contributed by atoms with van der Waals surface area (Å²) in [6, 6.07) is -0.102. The maximum Gasteiger partial charge on any atom is 0.220 e. The molecule has 4 heteroatoms. The van der Waals surface area contributed by atoms with Gasteiger partial charge in [0.2, 0.25) is 5.91 Å². The van der Waals surface area contributed by atoms with E-state index in [1.807, 2.05) is 6.92 Å². The van der Waals surface area contributed by atoms with Crippen LogP contribution in [-0.2, 0) is 4.79 Å². The number of aliphatic hydroxyl groups is 1. The van der Waals surface area contributed by atoms with Crippen LogP contribution in [0.3, 0.4) is 0 Å². The Morgan fingerprint density at radius 2 is 2.00 bits per heavy atom. The molecule has 0 fully saturated rings. The van der Waals surface area contributed by atoms with Gasteiger partial charge in [-0.05, 0) is 37.6 Å². The van der Waals surface area contributed by atoms with Crippen molar-refractivity contribution in [2.45, 2.75) is 52.5 Å². The van der Waals surface area contributed by atoms with Crippen molar-refractivity contribution in [1.29, 1.82) is 0 Å². The van der Waals surface area contributed by atoms with Crippen molar-refractivity contribution >= 4 is 5.91 Å². The summed E-state index contributed by atoms with van der Waals surface area (Å²) >= 11 is 0. The monoisotopic (exact) mass is 244 g/mol. The largest absolute Gasteiger partial charge is 0.394 e. The minimum atomic E-state index is -0.102. The van der Waals surface area contributed by atoms with E-state index in [4.69, 9.17) is 10.8 Å². The van der Waals surface area contributed by atoms with Crippen molar-refractivity contribution < 1.29 is 9.90 Å². The highest BCUT2D eigenvalue weighted by Crippen LogP contribution is 2.20. The zero-order valence-corrected chi connectivity index (χ0v) is 11.4. The number of nitrogens with one attached hydrogen (secondary N) is 1. The smallest absolute Gasteiger partial charge is 0.220 e. The lowest BCUT2D eigenvalue weighted by Crippen LogP contribution is -2.37. The highest BCUT2D eigenvalue weighted by molar-refractivity contribution is 5.76. The number of carbonyl (C=O) groups is 1. The summed E-state index contributed by atoms with van der Waals surface area (Å²) in [4.78, 5) is 11.6. The van der Waals surface area contributed by atoms with Gasteiger partial charge in [0.25, 0.3) is 0 Å². The lowest BCUT2D eigenvalue weighted by atomic mass is 9.88. The number of amides is 1. The number of aliphatic hydroxyl groups excluding tert-OH is 1. The minimum absolute atomic E-state index is 0.0125. The molecular weight excluding hydrogens is 216 g/mol. The fourth-order valence-corrected chi connectivity index (χ4v) is 1.92. The molecule has 102 valence electrons. The van der Waals surface area contributed by atoms with E-state index in [9.17, 15) is 4.79 Å². The molecule has 4 N–H and O–H groups in total. The van der Waals surface area contributed by atoms with Crippen molar-refractivity contribution in [3.63, 3.8) is 0 Å². The lowest BCUT2D eigenvalue weighted by molar-refractivity contribution is -0.122. The molecule has 0 spiro atoms. The second kappa shape index (κ2) is 9.42. The molecular formula is C13H28N2O2. The average Bonchev–Trinajstić information content (AvgIpc) is 2.30. The maximum absolute atomic E-state index is 11.6. The molecule has 0 aromatic rings. The van der Waals surface area contributed by atoms with Crippen LogP contribution < -0.4 is 11.1 Å². The van der Waals surface area contributed by atoms with Crippen LogP contribution in [0.5, 0.6) is 0 Å². The van der Waals surface area contributed by atoms with E-state index in [0.29, 0.717) is 24.8 Å². The number of hydrogen-bond donors (Lipinski definition) is 3. The second-order valence-electron chi connectivity index (χ2n) is 4.98. The zero-order valence-electron chi connectivity index (χ0n) is 11.4. The van der Waals surface area contributed by atoms with E-state index >= 15 is 0 Å². The van der Waals surface area contributed by atoms with Crippen LogP contribution in [0.25, 0.3) is 0 Å². The molecule has 0 heterocycles. The zero-order chi connectivity index (χ0) is 13.3. The van der Waals surface area contributed by atoms with Crippen LogP contribution in [0.15, 0.2) is 0 Å². The summed E-state index contributed by atoms with van der Waals surface area (Å²) in [6.07, 6.45) is 3.14. The first-order valence-corrected chi connectivity index (χ1v) is 6.65. The summed E-state index contributed by atoms with van der Waals surface area (Å²) < 4.78 is 0. The van der Waals surface area contributed by atoms with Gasteiger partial charge in [0.1, 0.15) is 0 Å². The Hall–Kier alpha value is -0.610. The fraction of sp³-hybridized carbons (Fsp3) is 0.923. The summed E-state index contributed by atoms with van der Waals surface area (Å²) in [5.74, 6) is 1.11. The first kappa shape index (κ1) is 16.4. The van der Waals surface area contributed by atoms with E-state index in [2.05, 4.69) is 19.2 Å². The van der Waals surface area contributed by atoms with Crippen LogP contribution in [0.1, 0.15) is 46.5 Å². The first-order chi connectivity index (χ1) is 8.04. The number of rotatable bonds is 9. The molecule has 0 radical (unpaired) electrons. The van der Waals surface area contributed by atoms with Gasteiger partial charge in [-0.1, -0.05) is 20.8 Å². The highest BCUT2D eigenvalue weighted by atomic mass is 16.3.